The second kappa shape index (κ2) is 25.3. The fourth-order valence-corrected chi connectivity index (χ4v) is 8.41. The largest absolute Gasteiger partial charge is 0.0955 e. The summed E-state index contributed by atoms with van der Waals surface area (Å²) in [5.41, 5.74) is 19.0. The van der Waals surface area contributed by atoms with Gasteiger partial charge in [-0.2, -0.15) is 0 Å². The maximum atomic E-state index is 3.83. The summed E-state index contributed by atoms with van der Waals surface area (Å²) in [7, 11) is 0. The molecule has 0 saturated heterocycles. The molecular weight excluding hydrogens is 769 g/mol. The summed E-state index contributed by atoms with van der Waals surface area (Å²) in [5, 5.41) is 0. The molecule has 0 spiro atoms. The maximum absolute atomic E-state index is 3.83. The molecule has 0 radical (unpaired) electrons. The molecule has 0 heteroatoms. The Hall–Kier alpha value is -5.98. The summed E-state index contributed by atoms with van der Waals surface area (Å²) in [4.78, 5) is 0. The van der Waals surface area contributed by atoms with Gasteiger partial charge in [0.15, 0.2) is 0 Å². The highest BCUT2D eigenvalue weighted by Gasteiger charge is 2.35. The molecule has 332 valence electrons. The molecule has 1 aliphatic carbocycles. The van der Waals surface area contributed by atoms with Gasteiger partial charge in [-0.15, -0.1) is 0 Å². The van der Waals surface area contributed by atoms with Crippen molar-refractivity contribution in [1.29, 1.82) is 0 Å². The van der Waals surface area contributed by atoms with Crippen molar-refractivity contribution in [3.8, 4) is 22.3 Å². The second-order valence-corrected chi connectivity index (χ2v) is 18.1. The van der Waals surface area contributed by atoms with Gasteiger partial charge in [-0.1, -0.05) is 273 Å². The molecule has 0 saturated carbocycles. The molecule has 0 fully saturated rings. The average Bonchev–Trinajstić information content (AvgIpc) is 3.53. The number of hydrogen-bond acceptors (Lipinski definition) is 0. The summed E-state index contributed by atoms with van der Waals surface area (Å²) in [5.74, 6) is 1.19. The number of rotatable bonds is 11. The maximum Gasteiger partial charge on any atom is 0.0158 e. The topological polar surface area (TPSA) is 0 Å². The van der Waals surface area contributed by atoms with E-state index in [4.69, 9.17) is 0 Å². The van der Waals surface area contributed by atoms with Crippen LogP contribution in [0.4, 0.5) is 0 Å². The van der Waals surface area contributed by atoms with Crippen molar-refractivity contribution in [1.82, 2.24) is 0 Å². The normalized spacial score (nSPS) is 12.4. The van der Waals surface area contributed by atoms with Crippen molar-refractivity contribution in [2.24, 2.45) is 5.92 Å². The fraction of sp³-hybridized carbons (Fsp3) is 0.281. The summed E-state index contributed by atoms with van der Waals surface area (Å²) >= 11 is 0. The van der Waals surface area contributed by atoms with Crippen LogP contribution in [0.5, 0.6) is 0 Å². The van der Waals surface area contributed by atoms with Gasteiger partial charge in [0.1, 0.15) is 0 Å². The van der Waals surface area contributed by atoms with E-state index in [-0.39, 0.29) is 12.8 Å². The third kappa shape index (κ3) is 14.5. The van der Waals surface area contributed by atoms with E-state index in [0.717, 1.165) is 24.3 Å². The van der Waals surface area contributed by atoms with Gasteiger partial charge in [-0.05, 0) is 107 Å². The fourth-order valence-electron chi connectivity index (χ4n) is 8.41. The predicted octanol–water partition coefficient (Wildman–Crippen LogP) is 19.0. The Morgan fingerprint density at radius 1 is 0.562 bits per heavy atom. The molecule has 0 aromatic heterocycles. The highest BCUT2D eigenvalue weighted by molar-refractivity contribution is 5.81. The molecule has 8 rings (SSSR count). The van der Waals surface area contributed by atoms with E-state index in [1.54, 1.807) is 0 Å². The first-order valence-corrected chi connectivity index (χ1v) is 23.3. The van der Waals surface area contributed by atoms with Crippen molar-refractivity contribution in [2.45, 2.75) is 113 Å². The van der Waals surface area contributed by atoms with Gasteiger partial charge in [0.25, 0.3) is 0 Å². The van der Waals surface area contributed by atoms with E-state index < -0.39 is 0 Å². The zero-order valence-electron chi connectivity index (χ0n) is 39.8. The van der Waals surface area contributed by atoms with Crippen molar-refractivity contribution in [3.05, 3.63) is 239 Å². The van der Waals surface area contributed by atoms with Gasteiger partial charge >= 0.3 is 0 Å². The van der Waals surface area contributed by atoms with Crippen LogP contribution in [0, 0.1) is 19.8 Å². The SMILES string of the molecule is C.C=C(C)c1ccccc1.CC(C)Cc1ccccc1.CCC/C(=C\C(CCC)c1ccc2c(c1)C(C)(C)c1ccccc1-2)c1ccc(-c2ccc(C)cc2)cc1.Cc1ccccc1. The Bertz CT molecular complexity index is 2450. The molecule has 0 heterocycles. The van der Waals surface area contributed by atoms with Crippen LogP contribution in [-0.2, 0) is 11.8 Å². The molecule has 7 aromatic carbocycles. The lowest BCUT2D eigenvalue weighted by Gasteiger charge is -2.23. The zero-order chi connectivity index (χ0) is 45.2. The van der Waals surface area contributed by atoms with Gasteiger partial charge in [-0.25, -0.2) is 0 Å². The second-order valence-electron chi connectivity index (χ2n) is 18.1. The third-order valence-corrected chi connectivity index (χ3v) is 11.9. The first kappa shape index (κ1) is 50.7. The lowest BCUT2D eigenvalue weighted by Crippen LogP contribution is -2.15. The van der Waals surface area contributed by atoms with E-state index in [1.165, 1.54) is 91.6 Å². The van der Waals surface area contributed by atoms with Gasteiger partial charge in [0.2, 0.25) is 0 Å². The quantitative estimate of drug-likeness (QED) is 0.122. The van der Waals surface area contributed by atoms with Crippen LogP contribution < -0.4 is 0 Å². The van der Waals surface area contributed by atoms with Gasteiger partial charge in [0.05, 0.1) is 0 Å². The van der Waals surface area contributed by atoms with Crippen LogP contribution >= 0.6 is 0 Å². The molecule has 7 aromatic rings. The van der Waals surface area contributed by atoms with E-state index in [0.29, 0.717) is 5.92 Å². The predicted molar refractivity (Wildman–Crippen MR) is 285 cm³/mol. The van der Waals surface area contributed by atoms with E-state index in [1.807, 2.05) is 43.3 Å². The molecule has 1 unspecified atom stereocenters. The Morgan fingerprint density at radius 3 is 1.59 bits per heavy atom. The molecular formula is C64H76. The smallest absolute Gasteiger partial charge is 0.0158 e. The minimum absolute atomic E-state index is 0. The minimum Gasteiger partial charge on any atom is -0.0955 e. The Labute approximate surface area is 389 Å². The van der Waals surface area contributed by atoms with Crippen LogP contribution in [0.15, 0.2) is 195 Å². The lowest BCUT2D eigenvalue weighted by molar-refractivity contribution is 0.647. The number of fused-ring (bicyclic) bond motifs is 3. The minimum atomic E-state index is 0. The van der Waals surface area contributed by atoms with Crippen molar-refractivity contribution in [3.63, 3.8) is 0 Å². The van der Waals surface area contributed by atoms with Crippen molar-refractivity contribution >= 4 is 11.1 Å². The molecule has 1 aliphatic rings. The molecule has 0 aliphatic heterocycles. The summed E-state index contributed by atoms with van der Waals surface area (Å²) in [6.07, 6.45) is 8.36. The van der Waals surface area contributed by atoms with Crippen molar-refractivity contribution in [2.75, 3.05) is 0 Å². The van der Waals surface area contributed by atoms with Gasteiger partial charge in [-0.3, -0.25) is 0 Å². The van der Waals surface area contributed by atoms with Crippen LogP contribution in [-0.4, -0.2) is 0 Å². The van der Waals surface area contributed by atoms with Crippen LogP contribution in [0.3, 0.4) is 0 Å². The number of aryl methyl sites for hydroxylation is 2. The summed E-state index contributed by atoms with van der Waals surface area (Å²) in [6.45, 7) is 23.9. The summed E-state index contributed by atoms with van der Waals surface area (Å²) < 4.78 is 0. The highest BCUT2D eigenvalue weighted by Crippen LogP contribution is 2.49. The number of allylic oxidation sites excluding steroid dienone is 3. The Kier molecular flexibility index (Phi) is 20.1. The van der Waals surface area contributed by atoms with Gasteiger partial charge < -0.3 is 0 Å². The third-order valence-electron chi connectivity index (χ3n) is 11.9. The van der Waals surface area contributed by atoms with Gasteiger partial charge in [0, 0.05) is 11.3 Å². The zero-order valence-corrected chi connectivity index (χ0v) is 39.8. The lowest BCUT2D eigenvalue weighted by atomic mass is 9.80. The van der Waals surface area contributed by atoms with E-state index in [9.17, 15) is 0 Å². The molecule has 0 N–H and O–H groups in total. The Morgan fingerprint density at radius 2 is 1.08 bits per heavy atom. The Balaban J connectivity index is 0.000000267. The molecule has 1 atom stereocenters. The van der Waals surface area contributed by atoms with Crippen molar-refractivity contribution < 1.29 is 0 Å². The summed E-state index contributed by atoms with van der Waals surface area (Å²) in [6, 6.07) is 65.3. The monoisotopic (exact) mass is 845 g/mol. The number of hydrogen-bond donors (Lipinski definition) is 0. The molecule has 0 amide bonds. The highest BCUT2D eigenvalue weighted by atomic mass is 14.4. The van der Waals surface area contributed by atoms with Crippen LogP contribution in [0.2, 0.25) is 0 Å². The molecule has 64 heavy (non-hydrogen) atoms. The molecule has 0 bridgehead atoms. The standard InChI is InChI=1S/C37H40.C10H14.C9H10.C7H8.CH4/c1-6-10-30(29-20-18-28(19-21-29)27-16-14-26(3)15-17-27)24-31(11-7-2)32-22-23-34-33-12-8-9-13-35(33)37(4,5)36(34)25-32;1-9(2)8-10-6-4-3-5-7-10;1-8(2)9-6-4-3-5-7-9;1-7-5-3-2-4-6-7;/h8-9,12-25,31H,6-7,10-11H2,1-5H3;3-7,9H,8H2,1-2H3;3-7H,1H2,2H3;2-6H,1H3;1H4/b30-24+;;;;. The van der Waals surface area contributed by atoms with E-state index in [2.05, 4.69) is 214 Å². The first-order valence-electron chi connectivity index (χ1n) is 23.3. The van der Waals surface area contributed by atoms with Crippen LogP contribution in [0.25, 0.3) is 33.4 Å². The average molecular weight is 845 g/mol. The molecule has 0 nitrogen and oxygen atoms in total. The van der Waals surface area contributed by atoms with E-state index >= 15 is 0 Å². The van der Waals surface area contributed by atoms with Crippen LogP contribution in [0.1, 0.15) is 132 Å². The number of benzene rings is 7. The first-order chi connectivity index (χ1) is 30.4.